The van der Waals surface area contributed by atoms with Gasteiger partial charge in [-0.3, -0.25) is 9.59 Å². The minimum Gasteiger partial charge on any atom is -0.497 e. The van der Waals surface area contributed by atoms with Gasteiger partial charge in [-0.05, 0) is 78.8 Å². The molecule has 2 amide bonds. The van der Waals surface area contributed by atoms with Crippen LogP contribution in [0.3, 0.4) is 0 Å². The van der Waals surface area contributed by atoms with Gasteiger partial charge in [0.1, 0.15) is 5.75 Å². The van der Waals surface area contributed by atoms with Crippen molar-refractivity contribution in [3.63, 3.8) is 0 Å². The fraction of sp³-hybridized carbons (Fsp3) is 0.286. The quantitative estimate of drug-likeness (QED) is 0.447. The summed E-state index contributed by atoms with van der Waals surface area (Å²) >= 11 is 0. The van der Waals surface area contributed by atoms with E-state index in [1.54, 1.807) is 50.6 Å². The molecule has 1 atom stereocenters. The molecule has 0 saturated heterocycles. The molecule has 7 heteroatoms. The fourth-order valence-electron chi connectivity index (χ4n) is 4.42. The van der Waals surface area contributed by atoms with Gasteiger partial charge in [-0.1, -0.05) is 24.3 Å². The van der Waals surface area contributed by atoms with Crippen LogP contribution < -0.4 is 24.8 Å². The summed E-state index contributed by atoms with van der Waals surface area (Å²) in [6.45, 7) is -0.164. The molecule has 7 nitrogen and oxygen atoms in total. The normalized spacial score (nSPS) is 14.4. The molecular formula is C28H30N2O5. The van der Waals surface area contributed by atoms with Gasteiger partial charge in [-0.25, -0.2) is 0 Å². The summed E-state index contributed by atoms with van der Waals surface area (Å²) in [5.41, 5.74) is 3.69. The van der Waals surface area contributed by atoms with Crippen LogP contribution in [0.5, 0.6) is 17.2 Å². The first-order chi connectivity index (χ1) is 17.1. The van der Waals surface area contributed by atoms with Crippen molar-refractivity contribution in [3.8, 4) is 17.2 Å². The van der Waals surface area contributed by atoms with Crippen molar-refractivity contribution in [3.05, 3.63) is 77.9 Å². The van der Waals surface area contributed by atoms with E-state index in [-0.39, 0.29) is 24.3 Å². The maximum atomic E-state index is 12.8. The molecule has 1 aliphatic rings. The second-order valence-electron chi connectivity index (χ2n) is 8.47. The number of carbonyl (C=O) groups excluding carboxylic acids is 2. The van der Waals surface area contributed by atoms with E-state index in [0.29, 0.717) is 29.3 Å². The smallest absolute Gasteiger partial charge is 0.262 e. The minimum absolute atomic E-state index is 0.0540. The first-order valence-corrected chi connectivity index (χ1v) is 11.7. The summed E-state index contributed by atoms with van der Waals surface area (Å²) in [6, 6.07) is 20.3. The van der Waals surface area contributed by atoms with Crippen LogP contribution in [0.25, 0.3) is 0 Å². The lowest BCUT2D eigenvalue weighted by atomic mass is 9.81. The third kappa shape index (κ3) is 6.32. The van der Waals surface area contributed by atoms with E-state index < -0.39 is 0 Å². The number of rotatable bonds is 9. The predicted octanol–water partition coefficient (Wildman–Crippen LogP) is 5.17. The molecule has 0 aliphatic heterocycles. The van der Waals surface area contributed by atoms with E-state index in [0.717, 1.165) is 25.0 Å². The standard InChI is InChI=1S/C28H30N2O5/c1-33-23-13-14-24-19(15-23)7-5-8-20(24)16-27(31)29-21-9-6-10-22(17-21)30-28(32)18-35-26-12-4-3-11-25(26)34-2/h3-4,6,9-15,17,20H,5,7-8,16,18H2,1-2H3,(H,29,31)(H,30,32). The number of methoxy groups -OCH3 is 2. The highest BCUT2D eigenvalue weighted by atomic mass is 16.5. The Morgan fingerprint density at radius 3 is 2.34 bits per heavy atom. The number of anilines is 2. The van der Waals surface area contributed by atoms with Crippen molar-refractivity contribution in [2.24, 2.45) is 0 Å². The van der Waals surface area contributed by atoms with Crippen molar-refractivity contribution in [1.29, 1.82) is 0 Å². The Balaban J connectivity index is 1.32. The summed E-state index contributed by atoms with van der Waals surface area (Å²) in [7, 11) is 3.21. The van der Waals surface area contributed by atoms with Gasteiger partial charge in [0.2, 0.25) is 5.91 Å². The summed E-state index contributed by atoms with van der Waals surface area (Å²) in [5, 5.41) is 5.77. The van der Waals surface area contributed by atoms with Gasteiger partial charge >= 0.3 is 0 Å². The zero-order chi connectivity index (χ0) is 24.6. The van der Waals surface area contributed by atoms with Gasteiger partial charge in [0.05, 0.1) is 14.2 Å². The van der Waals surface area contributed by atoms with Crippen LogP contribution in [-0.2, 0) is 16.0 Å². The van der Waals surface area contributed by atoms with E-state index in [4.69, 9.17) is 14.2 Å². The molecule has 1 unspecified atom stereocenters. The number of para-hydroxylation sites is 2. The van der Waals surface area contributed by atoms with Gasteiger partial charge in [0.15, 0.2) is 18.1 Å². The van der Waals surface area contributed by atoms with Gasteiger partial charge in [-0.15, -0.1) is 0 Å². The van der Waals surface area contributed by atoms with Crippen LogP contribution in [0.15, 0.2) is 66.7 Å². The largest absolute Gasteiger partial charge is 0.497 e. The number of aryl methyl sites for hydroxylation is 1. The van der Waals surface area contributed by atoms with Crippen LogP contribution >= 0.6 is 0 Å². The molecule has 1 aliphatic carbocycles. The van der Waals surface area contributed by atoms with Crippen molar-refractivity contribution in [2.75, 3.05) is 31.5 Å². The van der Waals surface area contributed by atoms with Crippen LogP contribution in [0, 0.1) is 0 Å². The van der Waals surface area contributed by atoms with Crippen LogP contribution in [0.4, 0.5) is 11.4 Å². The second-order valence-corrected chi connectivity index (χ2v) is 8.47. The number of carbonyl (C=O) groups is 2. The van der Waals surface area contributed by atoms with Gasteiger partial charge in [-0.2, -0.15) is 0 Å². The molecule has 0 spiro atoms. The third-order valence-corrected chi connectivity index (χ3v) is 6.08. The SMILES string of the molecule is COc1ccc2c(c1)CCCC2CC(=O)Nc1cccc(NC(=O)COc2ccccc2OC)c1. The molecule has 3 aromatic rings. The molecule has 35 heavy (non-hydrogen) atoms. The Kier molecular flexibility index (Phi) is 7.88. The lowest BCUT2D eigenvalue weighted by Crippen LogP contribution is -2.21. The molecule has 2 N–H and O–H groups in total. The molecule has 0 heterocycles. The second kappa shape index (κ2) is 11.4. The molecule has 182 valence electrons. The lowest BCUT2D eigenvalue weighted by molar-refractivity contribution is -0.118. The zero-order valence-corrected chi connectivity index (χ0v) is 20.0. The molecule has 0 radical (unpaired) electrons. The van der Waals surface area contributed by atoms with Crippen LogP contribution in [0.2, 0.25) is 0 Å². The number of fused-ring (bicyclic) bond motifs is 1. The third-order valence-electron chi connectivity index (χ3n) is 6.08. The summed E-state index contributed by atoms with van der Waals surface area (Å²) in [6.07, 6.45) is 3.45. The number of hydrogen-bond acceptors (Lipinski definition) is 5. The highest BCUT2D eigenvalue weighted by Gasteiger charge is 2.23. The fourth-order valence-corrected chi connectivity index (χ4v) is 4.42. The van der Waals surface area contributed by atoms with Gasteiger partial charge < -0.3 is 24.8 Å². The Bertz CT molecular complexity index is 1190. The van der Waals surface area contributed by atoms with E-state index >= 15 is 0 Å². The first-order valence-electron chi connectivity index (χ1n) is 11.7. The number of amides is 2. The van der Waals surface area contributed by atoms with Gasteiger partial charge in [0.25, 0.3) is 5.91 Å². The summed E-state index contributed by atoms with van der Waals surface area (Å²) < 4.78 is 16.1. The lowest BCUT2D eigenvalue weighted by Gasteiger charge is -2.25. The monoisotopic (exact) mass is 474 g/mol. The Labute approximate surface area is 205 Å². The molecule has 0 bridgehead atoms. The van der Waals surface area contributed by atoms with E-state index in [1.165, 1.54) is 11.1 Å². The first kappa shape index (κ1) is 24.1. The number of nitrogens with one attached hydrogen (secondary N) is 2. The number of benzene rings is 3. The van der Waals surface area contributed by atoms with Crippen molar-refractivity contribution < 1.29 is 23.8 Å². The van der Waals surface area contributed by atoms with E-state index in [2.05, 4.69) is 22.8 Å². The topological polar surface area (TPSA) is 85.9 Å². The van der Waals surface area contributed by atoms with Crippen molar-refractivity contribution >= 4 is 23.2 Å². The minimum atomic E-state index is -0.311. The average molecular weight is 475 g/mol. The summed E-state index contributed by atoms with van der Waals surface area (Å²) in [5.74, 6) is 1.72. The molecule has 3 aromatic carbocycles. The predicted molar refractivity (Wildman–Crippen MR) is 135 cm³/mol. The summed E-state index contributed by atoms with van der Waals surface area (Å²) in [4.78, 5) is 25.2. The molecule has 0 saturated carbocycles. The highest BCUT2D eigenvalue weighted by molar-refractivity contribution is 5.95. The Morgan fingerprint density at radius 2 is 1.60 bits per heavy atom. The molecular weight excluding hydrogens is 444 g/mol. The Morgan fingerprint density at radius 1 is 0.857 bits per heavy atom. The van der Waals surface area contributed by atoms with E-state index in [1.807, 2.05) is 18.2 Å². The van der Waals surface area contributed by atoms with Crippen LogP contribution in [-0.4, -0.2) is 32.6 Å². The van der Waals surface area contributed by atoms with E-state index in [9.17, 15) is 9.59 Å². The zero-order valence-electron chi connectivity index (χ0n) is 20.0. The molecule has 0 fully saturated rings. The molecule has 4 rings (SSSR count). The van der Waals surface area contributed by atoms with Crippen molar-refractivity contribution in [1.82, 2.24) is 0 Å². The number of hydrogen-bond donors (Lipinski definition) is 2. The average Bonchev–Trinajstić information content (AvgIpc) is 2.87. The Hall–Kier alpha value is -4.00. The van der Waals surface area contributed by atoms with Gasteiger partial charge in [0, 0.05) is 17.8 Å². The maximum absolute atomic E-state index is 12.8. The van der Waals surface area contributed by atoms with Crippen LogP contribution in [0.1, 0.15) is 36.3 Å². The number of ether oxygens (including phenoxy) is 3. The molecule has 0 aromatic heterocycles. The maximum Gasteiger partial charge on any atom is 0.262 e. The van der Waals surface area contributed by atoms with Crippen molar-refractivity contribution in [2.45, 2.75) is 31.6 Å². The highest BCUT2D eigenvalue weighted by Crippen LogP contribution is 2.36.